The first-order chi connectivity index (χ1) is 47.7. The number of guanidine groups is 2. The van der Waals surface area contributed by atoms with Crippen molar-refractivity contribution >= 4 is 53.3 Å². The first-order valence-electron chi connectivity index (χ1n) is 32.9. The SMILES string of the molecule is CC(c1ccccc1)C1NC(=O)CNC(=O)C(COC(=O)CCC2CCCC2)NC(=O)C(C(O)C2CNC(=N)N2C2OC(CO)C(O)C(O)C2O)NC(=O)C(C(O)C2CNC(=N)N2)NC(=O)C(Cc2ccc(OC3OC(CO)C(OC4OC(CO)C(O)C(O)C4O)C(O)C3O)cc2)NC1=O. The van der Waals surface area contributed by atoms with E-state index >= 15 is 19.2 Å². The number of carbonyl (C=O) groups excluding carboxylic acids is 7. The van der Waals surface area contributed by atoms with Crippen LogP contribution in [0.15, 0.2) is 54.6 Å². The summed E-state index contributed by atoms with van der Waals surface area (Å²) < 4.78 is 33.9. The quantitative estimate of drug-likeness (QED) is 0.0516. The van der Waals surface area contributed by atoms with E-state index in [0.717, 1.165) is 30.6 Å². The molecule has 6 aliphatic heterocycles. The zero-order chi connectivity index (χ0) is 72.4. The number of aliphatic hydroxyl groups is 13. The van der Waals surface area contributed by atoms with Gasteiger partial charge in [-0.3, -0.25) is 44.4 Å². The van der Waals surface area contributed by atoms with Crippen LogP contribution in [0.4, 0.5) is 0 Å². The molecule has 0 radical (unpaired) electrons. The number of esters is 1. The fourth-order valence-electron chi connectivity index (χ4n) is 13.1. The zero-order valence-electron chi connectivity index (χ0n) is 54.2. The molecular formula is C62H90N12O26. The minimum atomic E-state index is -2.40. The second-order valence-electron chi connectivity index (χ2n) is 25.8. The Morgan fingerprint density at radius 2 is 1.19 bits per heavy atom. The molecule has 0 bridgehead atoms. The number of rotatable bonds is 21. The predicted molar refractivity (Wildman–Crippen MR) is 337 cm³/mol. The fourth-order valence-corrected chi connectivity index (χ4v) is 13.1. The Morgan fingerprint density at radius 1 is 0.600 bits per heavy atom. The molecule has 554 valence electrons. The predicted octanol–water partition coefficient (Wildman–Crippen LogP) is -10.7. The lowest BCUT2D eigenvalue weighted by molar-refractivity contribution is -0.352. The average Bonchev–Trinajstić information content (AvgIpc) is 1.44. The second kappa shape index (κ2) is 34.4. The Balaban J connectivity index is 1.04. The van der Waals surface area contributed by atoms with Crippen LogP contribution in [0, 0.1) is 16.7 Å². The Labute approximate surface area is 571 Å². The molecule has 0 spiro atoms. The molecule has 6 amide bonds. The standard InChI is InChI=1S/C62H90N12O26/c1-25(28-9-3-2-4-10-28)39-55(92)68-30(17-27-11-14-29(15-12-27)96-59-51(89)48(86)52(36(23-77)99-59)100-60-50(88)47(85)45(83)35(22-76)98-60)54(91)72-40(42(80)31-18-66-61(63)70-31)57(94)73-41(43(81)33-19-67-62(64)74(33)58-49(87)46(84)44(82)34(21-75)97-58)56(93)69-32(53(90)65-20-37(78)71-39)24-95-38(79)16-13-26-7-5-6-8-26/h2-4,9-12,14-15,25-26,30-36,39-52,58-60,75-77,80-89H,5-8,13,16-24H2,1H3,(H2,64,67)(H,65,90)(H,68,92)(H,69,93)(H,71,78)(H,72,91)(H,73,94)(H3,63,66,70). The second-order valence-corrected chi connectivity index (χ2v) is 25.8. The summed E-state index contributed by atoms with van der Waals surface area (Å²) in [7, 11) is 0. The highest BCUT2D eigenvalue weighted by Crippen LogP contribution is 2.33. The molecule has 38 heteroatoms. The van der Waals surface area contributed by atoms with Gasteiger partial charge in [-0.05, 0) is 35.6 Å². The van der Waals surface area contributed by atoms with Crippen molar-refractivity contribution < 1.29 is 128 Å². The Kier molecular flexibility index (Phi) is 26.3. The summed E-state index contributed by atoms with van der Waals surface area (Å²) in [5, 5.41) is 181. The highest BCUT2D eigenvalue weighted by Gasteiger charge is 2.55. The van der Waals surface area contributed by atoms with E-state index in [1.165, 1.54) is 24.3 Å². The number of nitrogens with zero attached hydrogens (tertiary/aromatic N) is 1. The summed E-state index contributed by atoms with van der Waals surface area (Å²) in [5.74, 6) is -9.88. The highest BCUT2D eigenvalue weighted by molar-refractivity contribution is 5.98. The van der Waals surface area contributed by atoms with E-state index in [4.69, 9.17) is 39.2 Å². The zero-order valence-corrected chi connectivity index (χ0v) is 54.2. The van der Waals surface area contributed by atoms with Crippen molar-refractivity contribution in [3.05, 3.63) is 65.7 Å². The first-order valence-corrected chi connectivity index (χ1v) is 32.9. The van der Waals surface area contributed by atoms with E-state index in [9.17, 15) is 80.8 Å². The third kappa shape index (κ3) is 18.0. The van der Waals surface area contributed by atoms with Crippen molar-refractivity contribution in [2.45, 2.75) is 204 Å². The summed E-state index contributed by atoms with van der Waals surface area (Å²) in [6.45, 7) is -3.67. The molecular weight excluding hydrogens is 1330 g/mol. The smallest absolute Gasteiger partial charge is 0.305 e. The maximum absolute atomic E-state index is 15.3. The number of ether oxygens (including phenoxy) is 6. The molecule has 7 fully saturated rings. The average molecular weight is 1420 g/mol. The van der Waals surface area contributed by atoms with Crippen LogP contribution < -0.4 is 52.6 Å². The van der Waals surface area contributed by atoms with Crippen LogP contribution in [-0.2, 0) is 63.7 Å². The minimum Gasteiger partial charge on any atom is -0.463 e. The normalized spacial score (nSPS) is 36.2. The van der Waals surface area contributed by atoms with E-state index in [-0.39, 0.29) is 36.2 Å². The Morgan fingerprint density at radius 3 is 1.84 bits per heavy atom. The lowest BCUT2D eigenvalue weighted by Gasteiger charge is -2.46. The lowest BCUT2D eigenvalue weighted by atomic mass is 9.92. The third-order valence-electron chi connectivity index (χ3n) is 19.0. The van der Waals surface area contributed by atoms with E-state index in [1.54, 1.807) is 37.3 Å². The summed E-state index contributed by atoms with van der Waals surface area (Å²) in [6, 6.07) is 0.620. The van der Waals surface area contributed by atoms with E-state index in [0.29, 0.717) is 12.0 Å². The molecule has 100 heavy (non-hydrogen) atoms. The molecule has 24 N–H and O–H groups in total. The number of hydrogen-bond acceptors (Lipinski definition) is 28. The highest BCUT2D eigenvalue weighted by atomic mass is 16.7. The molecule has 6 heterocycles. The molecule has 2 aromatic rings. The van der Waals surface area contributed by atoms with Crippen LogP contribution in [0.2, 0.25) is 0 Å². The van der Waals surface area contributed by atoms with Gasteiger partial charge >= 0.3 is 5.97 Å². The van der Waals surface area contributed by atoms with Crippen molar-refractivity contribution in [3.63, 3.8) is 0 Å². The summed E-state index contributed by atoms with van der Waals surface area (Å²) in [4.78, 5) is 104. The number of carbonyl (C=O) groups is 7. The monoisotopic (exact) mass is 1420 g/mol. The van der Waals surface area contributed by atoms with Gasteiger partial charge in [-0.25, -0.2) is 0 Å². The van der Waals surface area contributed by atoms with E-state index in [2.05, 4.69) is 47.9 Å². The van der Waals surface area contributed by atoms with Crippen molar-refractivity contribution in [2.24, 2.45) is 5.92 Å². The molecule has 1 saturated carbocycles. The van der Waals surface area contributed by atoms with Gasteiger partial charge in [0.15, 0.2) is 24.4 Å². The molecule has 38 nitrogen and oxygen atoms in total. The minimum absolute atomic E-state index is 0.0814. The van der Waals surface area contributed by atoms with Gasteiger partial charge in [-0.15, -0.1) is 0 Å². The van der Waals surface area contributed by atoms with Crippen molar-refractivity contribution in [1.29, 1.82) is 10.8 Å². The van der Waals surface area contributed by atoms with Gasteiger partial charge in [0.25, 0.3) is 0 Å². The van der Waals surface area contributed by atoms with Gasteiger partial charge in [0.2, 0.25) is 41.7 Å². The van der Waals surface area contributed by atoms with Crippen molar-refractivity contribution in [2.75, 3.05) is 46.1 Å². The molecule has 6 saturated heterocycles. The van der Waals surface area contributed by atoms with Gasteiger partial charge in [-0.1, -0.05) is 75.1 Å². The maximum Gasteiger partial charge on any atom is 0.305 e. The van der Waals surface area contributed by atoms with Crippen LogP contribution in [-0.4, -0.2) is 317 Å². The van der Waals surface area contributed by atoms with E-state index in [1.807, 2.05) is 0 Å². The summed E-state index contributed by atoms with van der Waals surface area (Å²) in [5.41, 5.74) is 0.692. The molecule has 1 aliphatic carbocycles. The van der Waals surface area contributed by atoms with Crippen molar-refractivity contribution in [3.8, 4) is 5.75 Å². The van der Waals surface area contributed by atoms with Gasteiger partial charge in [0.05, 0.1) is 38.4 Å². The molecule has 2 aromatic carbocycles. The molecule has 25 unspecified atom stereocenters. The van der Waals surface area contributed by atoms with Crippen LogP contribution in [0.25, 0.3) is 0 Å². The summed E-state index contributed by atoms with van der Waals surface area (Å²) >= 11 is 0. The van der Waals surface area contributed by atoms with Crippen molar-refractivity contribution in [1.82, 2.24) is 52.8 Å². The molecule has 7 aliphatic rings. The Hall–Kier alpha value is -7.61. The number of amides is 6. The molecule has 0 aromatic heterocycles. The van der Waals surface area contributed by atoms with Gasteiger partial charge in [0.1, 0.15) is 128 Å². The molecule has 25 atom stereocenters. The summed E-state index contributed by atoms with van der Waals surface area (Å²) in [6.07, 6.45) is -28.0. The van der Waals surface area contributed by atoms with Crippen LogP contribution >= 0.6 is 0 Å². The lowest BCUT2D eigenvalue weighted by Crippen LogP contribution is -2.69. The van der Waals surface area contributed by atoms with Gasteiger partial charge in [-0.2, -0.15) is 0 Å². The Bertz CT molecular complexity index is 3160. The topological polar surface area (TPSA) is 597 Å². The maximum atomic E-state index is 15.3. The largest absolute Gasteiger partial charge is 0.463 e. The molecule has 9 rings (SSSR count). The first kappa shape index (κ1) is 76.6. The van der Waals surface area contributed by atoms with Crippen LogP contribution in [0.3, 0.4) is 0 Å². The third-order valence-corrected chi connectivity index (χ3v) is 19.0. The van der Waals surface area contributed by atoms with Crippen LogP contribution in [0.5, 0.6) is 5.75 Å². The van der Waals surface area contributed by atoms with Gasteiger partial charge < -0.3 is 148 Å². The fraction of sp³-hybridized carbons (Fsp3) is 0.661. The number of benzene rings is 2. The number of aliphatic hydroxyl groups excluding tert-OH is 13. The number of hydrogen-bond donors (Lipinski definition) is 24. The van der Waals surface area contributed by atoms with Crippen LogP contribution in [0.1, 0.15) is 62.5 Å². The van der Waals surface area contributed by atoms with E-state index < -0.39 is 246 Å². The van der Waals surface area contributed by atoms with Gasteiger partial charge in [0, 0.05) is 31.8 Å². The number of nitrogens with one attached hydrogen (secondary N) is 11.